The molecule has 0 saturated carbocycles. The minimum absolute atomic E-state index is 0.242. The van der Waals surface area contributed by atoms with Gasteiger partial charge in [0.1, 0.15) is 16.9 Å². The summed E-state index contributed by atoms with van der Waals surface area (Å²) in [5, 5.41) is 4.49. The zero-order chi connectivity index (χ0) is 19.2. The van der Waals surface area contributed by atoms with E-state index in [4.69, 9.17) is 20.8 Å². The SMILES string of the molecule is Cc1c(C(=O)NCc2ccc(Cl)cc2)oc2ccc3c(c12)C=CC(C)(C)O3. The third-order valence-corrected chi connectivity index (χ3v) is 4.94. The first-order valence-electron chi connectivity index (χ1n) is 8.81. The molecule has 0 bridgehead atoms. The molecule has 1 aliphatic rings. The molecule has 138 valence electrons. The van der Waals surface area contributed by atoms with Crippen LogP contribution in [0.1, 0.15) is 41.1 Å². The Morgan fingerprint density at radius 1 is 1.15 bits per heavy atom. The number of rotatable bonds is 3. The van der Waals surface area contributed by atoms with Gasteiger partial charge in [-0.25, -0.2) is 0 Å². The van der Waals surface area contributed by atoms with Crippen molar-refractivity contribution in [3.8, 4) is 5.75 Å². The third-order valence-electron chi connectivity index (χ3n) is 4.69. The Morgan fingerprint density at radius 2 is 1.89 bits per heavy atom. The molecule has 0 spiro atoms. The Bertz CT molecular complexity index is 1060. The van der Waals surface area contributed by atoms with Crippen molar-refractivity contribution in [2.75, 3.05) is 0 Å². The fourth-order valence-electron chi connectivity index (χ4n) is 3.29. The van der Waals surface area contributed by atoms with Crippen LogP contribution < -0.4 is 10.1 Å². The zero-order valence-electron chi connectivity index (χ0n) is 15.4. The lowest BCUT2D eigenvalue weighted by Crippen LogP contribution is -2.27. The number of benzene rings is 2. The van der Waals surface area contributed by atoms with Gasteiger partial charge >= 0.3 is 0 Å². The molecule has 1 N–H and O–H groups in total. The number of amides is 1. The summed E-state index contributed by atoms with van der Waals surface area (Å²) in [6, 6.07) is 11.1. The molecule has 0 unspecified atom stereocenters. The lowest BCUT2D eigenvalue weighted by molar-refractivity contribution is 0.0924. The molecule has 4 nitrogen and oxygen atoms in total. The molecule has 27 heavy (non-hydrogen) atoms. The maximum atomic E-state index is 12.7. The van der Waals surface area contributed by atoms with E-state index >= 15 is 0 Å². The van der Waals surface area contributed by atoms with Gasteiger partial charge in [-0.05, 0) is 56.7 Å². The van der Waals surface area contributed by atoms with Crippen LogP contribution in [0, 0.1) is 6.92 Å². The number of hydrogen-bond acceptors (Lipinski definition) is 3. The average Bonchev–Trinajstić information content (AvgIpc) is 2.97. The number of aryl methyl sites for hydroxylation is 1. The molecule has 0 saturated heterocycles. The van der Waals surface area contributed by atoms with Gasteiger partial charge in [0.2, 0.25) is 0 Å². The van der Waals surface area contributed by atoms with Crippen molar-refractivity contribution in [1.29, 1.82) is 0 Å². The first-order chi connectivity index (χ1) is 12.8. The van der Waals surface area contributed by atoms with Crippen molar-refractivity contribution >= 4 is 34.6 Å². The fraction of sp³-hybridized carbons (Fsp3) is 0.227. The van der Waals surface area contributed by atoms with Crippen molar-refractivity contribution in [3.05, 3.63) is 69.9 Å². The van der Waals surface area contributed by atoms with Gasteiger partial charge in [0, 0.05) is 28.1 Å². The first-order valence-corrected chi connectivity index (χ1v) is 9.19. The number of hydrogen-bond donors (Lipinski definition) is 1. The largest absolute Gasteiger partial charge is 0.483 e. The Hall–Kier alpha value is -2.72. The van der Waals surface area contributed by atoms with Crippen LogP contribution in [0.2, 0.25) is 5.02 Å². The molecule has 1 amide bonds. The summed E-state index contributed by atoms with van der Waals surface area (Å²) in [6.07, 6.45) is 4.06. The van der Waals surface area contributed by atoms with Gasteiger partial charge < -0.3 is 14.5 Å². The van der Waals surface area contributed by atoms with Gasteiger partial charge in [0.25, 0.3) is 5.91 Å². The van der Waals surface area contributed by atoms with Crippen molar-refractivity contribution in [3.63, 3.8) is 0 Å². The summed E-state index contributed by atoms with van der Waals surface area (Å²) in [7, 11) is 0. The van der Waals surface area contributed by atoms with Gasteiger partial charge in [-0.15, -0.1) is 0 Å². The van der Waals surface area contributed by atoms with E-state index in [0.717, 1.165) is 27.8 Å². The van der Waals surface area contributed by atoms with Gasteiger partial charge in [-0.1, -0.05) is 29.8 Å². The summed E-state index contributed by atoms with van der Waals surface area (Å²) in [5.41, 5.74) is 3.05. The van der Waals surface area contributed by atoms with E-state index in [1.165, 1.54) is 0 Å². The molecule has 5 heteroatoms. The molecule has 4 rings (SSSR count). The zero-order valence-corrected chi connectivity index (χ0v) is 16.2. The van der Waals surface area contributed by atoms with Crippen LogP contribution in [0.5, 0.6) is 5.75 Å². The number of ether oxygens (including phenoxy) is 1. The van der Waals surface area contributed by atoms with Crippen molar-refractivity contribution < 1.29 is 13.9 Å². The summed E-state index contributed by atoms with van der Waals surface area (Å²) >= 11 is 5.89. The molecule has 2 heterocycles. The Labute approximate surface area is 162 Å². The standard InChI is InChI=1S/C22H20ClNO3/c1-13-19-16-10-11-22(2,3)27-17(16)8-9-18(19)26-20(13)21(25)24-12-14-4-6-15(23)7-5-14/h4-11H,12H2,1-3H3,(H,24,25). The topological polar surface area (TPSA) is 51.5 Å². The lowest BCUT2D eigenvalue weighted by Gasteiger charge is -2.28. The van der Waals surface area contributed by atoms with Crippen molar-refractivity contribution in [1.82, 2.24) is 5.32 Å². The molecule has 3 aromatic rings. The number of fused-ring (bicyclic) bond motifs is 3. The summed E-state index contributed by atoms with van der Waals surface area (Å²) in [6.45, 7) is 6.32. The molecule has 0 fully saturated rings. The average molecular weight is 382 g/mol. The van der Waals surface area contributed by atoms with Crippen LogP contribution in [-0.4, -0.2) is 11.5 Å². The third kappa shape index (κ3) is 3.33. The van der Waals surface area contributed by atoms with E-state index in [1.54, 1.807) is 12.1 Å². The summed E-state index contributed by atoms with van der Waals surface area (Å²) in [4.78, 5) is 12.7. The smallest absolute Gasteiger partial charge is 0.287 e. The Kier molecular flexibility index (Phi) is 4.23. The highest BCUT2D eigenvalue weighted by atomic mass is 35.5. The van der Waals surface area contributed by atoms with Crippen LogP contribution in [0.25, 0.3) is 17.0 Å². The van der Waals surface area contributed by atoms with E-state index in [2.05, 4.69) is 5.32 Å². The second-order valence-electron chi connectivity index (χ2n) is 7.25. The van der Waals surface area contributed by atoms with Crippen molar-refractivity contribution in [2.24, 2.45) is 0 Å². The predicted molar refractivity (Wildman–Crippen MR) is 107 cm³/mol. The second kappa shape index (κ2) is 6.46. The number of halogens is 1. The predicted octanol–water partition coefficient (Wildman–Crippen LogP) is 5.51. The molecule has 1 aliphatic heterocycles. The van der Waals surface area contributed by atoms with E-state index in [1.807, 2.05) is 57.2 Å². The number of furan rings is 1. The molecule has 2 aromatic carbocycles. The summed E-state index contributed by atoms with van der Waals surface area (Å²) in [5.74, 6) is 0.881. The highest BCUT2D eigenvalue weighted by Crippen LogP contribution is 2.39. The monoisotopic (exact) mass is 381 g/mol. The lowest BCUT2D eigenvalue weighted by atomic mass is 9.98. The first kappa shape index (κ1) is 17.7. The highest BCUT2D eigenvalue weighted by Gasteiger charge is 2.26. The molecular weight excluding hydrogens is 362 g/mol. The Balaban J connectivity index is 1.64. The quantitative estimate of drug-likeness (QED) is 0.650. The fourth-order valence-corrected chi connectivity index (χ4v) is 3.42. The Morgan fingerprint density at radius 3 is 2.63 bits per heavy atom. The second-order valence-corrected chi connectivity index (χ2v) is 7.69. The molecular formula is C22H20ClNO3. The van der Waals surface area contributed by atoms with E-state index in [9.17, 15) is 4.79 Å². The number of carbonyl (C=O) groups excluding carboxylic acids is 1. The minimum atomic E-state index is -0.350. The van der Waals surface area contributed by atoms with E-state index in [0.29, 0.717) is 22.9 Å². The van der Waals surface area contributed by atoms with Crippen LogP contribution >= 0.6 is 11.6 Å². The number of carbonyl (C=O) groups is 1. The van der Waals surface area contributed by atoms with Gasteiger partial charge in [0.05, 0.1) is 0 Å². The van der Waals surface area contributed by atoms with Crippen LogP contribution in [0.4, 0.5) is 0 Å². The summed E-state index contributed by atoms with van der Waals surface area (Å²) < 4.78 is 11.9. The number of nitrogens with one attached hydrogen (secondary N) is 1. The highest BCUT2D eigenvalue weighted by molar-refractivity contribution is 6.30. The minimum Gasteiger partial charge on any atom is -0.483 e. The van der Waals surface area contributed by atoms with Gasteiger partial charge in [0.15, 0.2) is 5.76 Å². The molecule has 0 atom stereocenters. The van der Waals surface area contributed by atoms with Gasteiger partial charge in [-0.3, -0.25) is 4.79 Å². The van der Waals surface area contributed by atoms with Crippen LogP contribution in [0.15, 0.2) is 46.9 Å². The van der Waals surface area contributed by atoms with Crippen LogP contribution in [0.3, 0.4) is 0 Å². The van der Waals surface area contributed by atoms with E-state index in [-0.39, 0.29) is 11.5 Å². The normalized spacial score (nSPS) is 14.7. The van der Waals surface area contributed by atoms with E-state index < -0.39 is 0 Å². The molecule has 1 aromatic heterocycles. The molecule has 0 aliphatic carbocycles. The molecule has 0 radical (unpaired) electrons. The maximum Gasteiger partial charge on any atom is 0.287 e. The van der Waals surface area contributed by atoms with Crippen LogP contribution in [-0.2, 0) is 6.54 Å². The van der Waals surface area contributed by atoms with Gasteiger partial charge in [-0.2, -0.15) is 0 Å². The maximum absolute atomic E-state index is 12.7. The van der Waals surface area contributed by atoms with Crippen molar-refractivity contribution in [2.45, 2.75) is 32.9 Å².